The Hall–Kier alpha value is -1.97. The summed E-state index contributed by atoms with van der Waals surface area (Å²) < 4.78 is 1.77. The highest BCUT2D eigenvalue weighted by Gasteiger charge is 1.98. The molecule has 0 fully saturated rings. The fourth-order valence-electron chi connectivity index (χ4n) is 1.41. The Morgan fingerprint density at radius 1 is 1.40 bits per heavy atom. The van der Waals surface area contributed by atoms with E-state index in [9.17, 15) is 5.11 Å². The molecule has 4 heteroatoms. The van der Waals surface area contributed by atoms with Crippen LogP contribution in [0.1, 0.15) is 5.56 Å². The monoisotopic (exact) mass is 203 g/mol. The third kappa shape index (κ3) is 2.28. The smallest absolute Gasteiger partial charge is 0.124 e. The van der Waals surface area contributed by atoms with E-state index in [4.69, 9.17) is 0 Å². The molecule has 0 aliphatic heterocycles. The summed E-state index contributed by atoms with van der Waals surface area (Å²) in [6, 6.07) is 9.10. The molecule has 0 atom stereocenters. The van der Waals surface area contributed by atoms with Gasteiger partial charge >= 0.3 is 0 Å². The van der Waals surface area contributed by atoms with Gasteiger partial charge in [-0.1, -0.05) is 12.1 Å². The van der Waals surface area contributed by atoms with Crippen molar-refractivity contribution in [3.63, 3.8) is 0 Å². The lowest BCUT2D eigenvalue weighted by Gasteiger charge is -2.06. The number of hydrogen-bond donors (Lipinski definition) is 2. The fourth-order valence-corrected chi connectivity index (χ4v) is 1.41. The maximum absolute atomic E-state index is 9.28. The van der Waals surface area contributed by atoms with Gasteiger partial charge in [-0.2, -0.15) is 5.10 Å². The molecule has 1 heterocycles. The van der Waals surface area contributed by atoms with Crippen LogP contribution in [-0.2, 0) is 13.6 Å². The van der Waals surface area contributed by atoms with Crippen molar-refractivity contribution in [2.24, 2.45) is 7.05 Å². The molecule has 1 aromatic carbocycles. The highest BCUT2D eigenvalue weighted by molar-refractivity contribution is 5.36. The van der Waals surface area contributed by atoms with E-state index in [0.29, 0.717) is 12.3 Å². The maximum atomic E-state index is 9.28. The highest BCUT2D eigenvalue weighted by Crippen LogP contribution is 2.12. The van der Waals surface area contributed by atoms with E-state index >= 15 is 0 Å². The molecule has 4 nitrogen and oxygen atoms in total. The number of hydrogen-bond acceptors (Lipinski definition) is 3. The number of anilines is 1. The molecule has 0 saturated heterocycles. The minimum atomic E-state index is 0.291. The average molecular weight is 203 g/mol. The molecule has 0 spiro atoms. The zero-order valence-corrected chi connectivity index (χ0v) is 8.51. The number of nitrogens with zero attached hydrogens (tertiary/aromatic N) is 2. The molecule has 0 bridgehead atoms. The average Bonchev–Trinajstić information content (AvgIpc) is 2.61. The lowest BCUT2D eigenvalue weighted by atomic mass is 10.2. The molecule has 2 aromatic rings. The molecular formula is C11H13N3O. The zero-order chi connectivity index (χ0) is 10.7. The van der Waals surface area contributed by atoms with Gasteiger partial charge in [-0.25, -0.2) is 0 Å². The summed E-state index contributed by atoms with van der Waals surface area (Å²) in [7, 11) is 1.88. The summed E-state index contributed by atoms with van der Waals surface area (Å²) >= 11 is 0. The molecule has 78 valence electrons. The predicted octanol–water partition coefficient (Wildman–Crippen LogP) is 1.74. The Morgan fingerprint density at radius 2 is 2.27 bits per heavy atom. The molecule has 0 unspecified atom stereocenters. The maximum Gasteiger partial charge on any atom is 0.124 e. The third-order valence-corrected chi connectivity index (χ3v) is 2.21. The molecule has 0 amide bonds. The molecule has 0 aliphatic carbocycles. The number of aromatic nitrogens is 2. The van der Waals surface area contributed by atoms with E-state index < -0.39 is 0 Å². The van der Waals surface area contributed by atoms with Gasteiger partial charge in [-0.15, -0.1) is 0 Å². The van der Waals surface area contributed by atoms with Crippen LogP contribution in [0.3, 0.4) is 0 Å². The SMILES string of the molecule is Cn1nccc1NCc1cccc(O)c1. The van der Waals surface area contributed by atoms with Gasteiger partial charge < -0.3 is 10.4 Å². The molecule has 1 aromatic heterocycles. The molecule has 0 aliphatic rings. The van der Waals surface area contributed by atoms with Crippen LogP contribution in [0.4, 0.5) is 5.82 Å². The van der Waals surface area contributed by atoms with Gasteiger partial charge in [-0.05, 0) is 17.7 Å². The standard InChI is InChI=1S/C11H13N3O/c1-14-11(5-6-13-14)12-8-9-3-2-4-10(15)7-9/h2-7,12,15H,8H2,1H3. The Morgan fingerprint density at radius 3 is 2.93 bits per heavy atom. The summed E-state index contributed by atoms with van der Waals surface area (Å²) in [4.78, 5) is 0. The number of aromatic hydroxyl groups is 1. The predicted molar refractivity (Wildman–Crippen MR) is 58.6 cm³/mol. The van der Waals surface area contributed by atoms with Gasteiger partial charge in [0.05, 0.1) is 6.20 Å². The number of rotatable bonds is 3. The van der Waals surface area contributed by atoms with Crippen LogP contribution in [0.2, 0.25) is 0 Å². The summed E-state index contributed by atoms with van der Waals surface area (Å²) in [5, 5.41) is 16.6. The van der Waals surface area contributed by atoms with E-state index in [1.807, 2.05) is 25.2 Å². The molecular weight excluding hydrogens is 190 g/mol. The number of phenolic OH excluding ortho intramolecular Hbond substituents is 1. The van der Waals surface area contributed by atoms with Gasteiger partial charge in [0.15, 0.2) is 0 Å². The van der Waals surface area contributed by atoms with Crippen LogP contribution >= 0.6 is 0 Å². The lowest BCUT2D eigenvalue weighted by Crippen LogP contribution is -2.04. The largest absolute Gasteiger partial charge is 0.508 e. The van der Waals surface area contributed by atoms with E-state index in [-0.39, 0.29) is 0 Å². The Labute approximate surface area is 88.2 Å². The summed E-state index contributed by atoms with van der Waals surface area (Å²) in [6.45, 7) is 0.675. The van der Waals surface area contributed by atoms with Gasteiger partial charge in [0, 0.05) is 19.7 Å². The zero-order valence-electron chi connectivity index (χ0n) is 8.51. The summed E-state index contributed by atoms with van der Waals surface area (Å²) in [6.07, 6.45) is 1.74. The fraction of sp³-hybridized carbons (Fsp3) is 0.182. The van der Waals surface area contributed by atoms with Crippen molar-refractivity contribution in [2.45, 2.75) is 6.54 Å². The minimum Gasteiger partial charge on any atom is -0.508 e. The van der Waals surface area contributed by atoms with Crippen molar-refractivity contribution in [3.8, 4) is 5.75 Å². The number of phenols is 1. The molecule has 0 radical (unpaired) electrons. The molecule has 0 saturated carbocycles. The summed E-state index contributed by atoms with van der Waals surface area (Å²) in [5.74, 6) is 1.25. The molecule has 15 heavy (non-hydrogen) atoms. The quantitative estimate of drug-likeness (QED) is 0.798. The van der Waals surface area contributed by atoms with E-state index in [2.05, 4.69) is 10.4 Å². The van der Waals surface area contributed by atoms with Crippen LogP contribution < -0.4 is 5.32 Å². The summed E-state index contributed by atoms with van der Waals surface area (Å²) in [5.41, 5.74) is 1.04. The number of aryl methyl sites for hydroxylation is 1. The van der Waals surface area contributed by atoms with Gasteiger partial charge in [-0.3, -0.25) is 4.68 Å². The van der Waals surface area contributed by atoms with Gasteiger partial charge in [0.2, 0.25) is 0 Å². The van der Waals surface area contributed by atoms with E-state index in [0.717, 1.165) is 11.4 Å². The van der Waals surface area contributed by atoms with Gasteiger partial charge in [0.1, 0.15) is 11.6 Å². The van der Waals surface area contributed by atoms with Crippen LogP contribution in [-0.4, -0.2) is 14.9 Å². The van der Waals surface area contributed by atoms with Crippen molar-refractivity contribution >= 4 is 5.82 Å². The first-order chi connectivity index (χ1) is 7.25. The van der Waals surface area contributed by atoms with Crippen LogP contribution in [0.15, 0.2) is 36.5 Å². The second-order valence-electron chi connectivity index (χ2n) is 3.36. The lowest BCUT2D eigenvalue weighted by molar-refractivity contribution is 0.474. The van der Waals surface area contributed by atoms with Crippen molar-refractivity contribution in [1.82, 2.24) is 9.78 Å². The van der Waals surface area contributed by atoms with Gasteiger partial charge in [0.25, 0.3) is 0 Å². The number of benzene rings is 1. The first kappa shape index (κ1) is 9.58. The molecule has 2 N–H and O–H groups in total. The Bertz CT molecular complexity index is 451. The first-order valence-corrected chi connectivity index (χ1v) is 4.75. The minimum absolute atomic E-state index is 0.291. The second kappa shape index (κ2) is 4.04. The van der Waals surface area contributed by atoms with E-state index in [1.54, 1.807) is 23.0 Å². The van der Waals surface area contributed by atoms with Crippen molar-refractivity contribution < 1.29 is 5.11 Å². The van der Waals surface area contributed by atoms with Crippen LogP contribution in [0.5, 0.6) is 5.75 Å². The van der Waals surface area contributed by atoms with Crippen molar-refractivity contribution in [2.75, 3.05) is 5.32 Å². The topological polar surface area (TPSA) is 50.1 Å². The normalized spacial score (nSPS) is 10.2. The Balaban J connectivity index is 2.02. The van der Waals surface area contributed by atoms with E-state index in [1.165, 1.54) is 0 Å². The van der Waals surface area contributed by atoms with Crippen molar-refractivity contribution in [3.05, 3.63) is 42.1 Å². The second-order valence-corrected chi connectivity index (χ2v) is 3.36. The third-order valence-electron chi connectivity index (χ3n) is 2.21. The highest BCUT2D eigenvalue weighted by atomic mass is 16.3. The van der Waals surface area contributed by atoms with Crippen molar-refractivity contribution in [1.29, 1.82) is 0 Å². The Kier molecular flexibility index (Phi) is 2.58. The van der Waals surface area contributed by atoms with Crippen LogP contribution in [0.25, 0.3) is 0 Å². The first-order valence-electron chi connectivity index (χ1n) is 4.75. The molecule has 2 rings (SSSR count). The number of nitrogens with one attached hydrogen (secondary N) is 1. The van der Waals surface area contributed by atoms with Crippen LogP contribution in [0, 0.1) is 0 Å².